The van der Waals surface area contributed by atoms with E-state index in [0.717, 1.165) is 5.56 Å². The summed E-state index contributed by atoms with van der Waals surface area (Å²) in [5, 5.41) is 8.24. The molecular formula is C23H19FN4O3S. The number of aromatic nitrogens is 2. The number of halogens is 1. The van der Waals surface area contributed by atoms with Crippen molar-refractivity contribution in [1.29, 1.82) is 0 Å². The van der Waals surface area contributed by atoms with Gasteiger partial charge in [-0.2, -0.15) is 0 Å². The average Bonchev–Trinajstić information content (AvgIpc) is 3.12. The monoisotopic (exact) mass is 450 g/mol. The number of hydrogen-bond donors (Lipinski definition) is 2. The van der Waals surface area contributed by atoms with Gasteiger partial charge >= 0.3 is 0 Å². The lowest BCUT2D eigenvalue weighted by molar-refractivity contribution is 0.598. The van der Waals surface area contributed by atoms with Crippen LogP contribution in [0.3, 0.4) is 0 Å². The van der Waals surface area contributed by atoms with E-state index in [1.165, 1.54) is 53.2 Å². The first-order chi connectivity index (χ1) is 15.2. The van der Waals surface area contributed by atoms with E-state index in [0.29, 0.717) is 28.3 Å². The lowest BCUT2D eigenvalue weighted by Crippen LogP contribution is -2.19. The molecule has 0 aliphatic rings. The Hall–Kier alpha value is -3.82. The molecule has 0 fully saturated rings. The molecule has 4 aromatic rings. The fraction of sp³-hybridized carbons (Fsp3) is 0.0435. The number of primary sulfonamides is 1. The third-order valence-corrected chi connectivity index (χ3v) is 5.79. The second kappa shape index (κ2) is 8.37. The summed E-state index contributed by atoms with van der Waals surface area (Å²) >= 11 is 0. The fourth-order valence-electron chi connectivity index (χ4n) is 3.32. The summed E-state index contributed by atoms with van der Waals surface area (Å²) < 4.78 is 37.6. The molecule has 0 radical (unpaired) electrons. The Labute approximate surface area is 183 Å². The Balaban J connectivity index is 1.85. The summed E-state index contributed by atoms with van der Waals surface area (Å²) in [6.07, 6.45) is 0. The van der Waals surface area contributed by atoms with Crippen LogP contribution in [0.2, 0.25) is 0 Å². The van der Waals surface area contributed by atoms with Crippen LogP contribution in [-0.4, -0.2) is 23.9 Å². The van der Waals surface area contributed by atoms with Crippen LogP contribution < -0.4 is 10.7 Å². The molecule has 0 saturated carbocycles. The van der Waals surface area contributed by atoms with Gasteiger partial charge in [-0.3, -0.25) is 14.9 Å². The zero-order valence-corrected chi connectivity index (χ0v) is 17.8. The molecule has 0 amide bonds. The minimum atomic E-state index is -3.81. The molecule has 9 heteroatoms. The number of H-pyrrole nitrogens is 1. The van der Waals surface area contributed by atoms with Crippen LogP contribution in [0.4, 0.5) is 10.1 Å². The summed E-state index contributed by atoms with van der Waals surface area (Å²) in [6.45, 7) is 1.69. The molecule has 0 saturated heterocycles. The topological polar surface area (TPSA) is 110 Å². The molecule has 32 heavy (non-hydrogen) atoms. The molecule has 0 unspecified atom stereocenters. The van der Waals surface area contributed by atoms with E-state index in [9.17, 15) is 17.6 Å². The molecule has 3 N–H and O–H groups in total. The Morgan fingerprint density at radius 1 is 0.969 bits per heavy atom. The number of hydrogen-bond acceptors (Lipinski definition) is 4. The lowest BCUT2D eigenvalue weighted by atomic mass is 10.1. The highest BCUT2D eigenvalue weighted by atomic mass is 32.2. The van der Waals surface area contributed by atoms with Crippen molar-refractivity contribution in [3.05, 3.63) is 101 Å². The fourth-order valence-corrected chi connectivity index (χ4v) is 3.83. The number of nitrogens with two attached hydrogens (primary N) is 1. The van der Waals surface area contributed by atoms with Crippen molar-refractivity contribution in [2.45, 2.75) is 11.8 Å². The third kappa shape index (κ3) is 4.29. The first-order valence-electron chi connectivity index (χ1n) is 9.59. The van der Waals surface area contributed by atoms with Crippen LogP contribution in [0.25, 0.3) is 16.9 Å². The van der Waals surface area contributed by atoms with Gasteiger partial charge in [-0.25, -0.2) is 22.6 Å². The van der Waals surface area contributed by atoms with Crippen LogP contribution in [0.5, 0.6) is 0 Å². The van der Waals surface area contributed by atoms with Gasteiger partial charge in [0.15, 0.2) is 0 Å². The van der Waals surface area contributed by atoms with Gasteiger partial charge < -0.3 is 0 Å². The number of sulfonamides is 1. The quantitative estimate of drug-likeness (QED) is 0.452. The number of aliphatic imine (C=N–C) groups is 1. The minimum absolute atomic E-state index is 0.0283. The van der Waals surface area contributed by atoms with Crippen molar-refractivity contribution >= 4 is 21.4 Å². The number of rotatable bonds is 5. The van der Waals surface area contributed by atoms with Gasteiger partial charge in [0.2, 0.25) is 10.0 Å². The van der Waals surface area contributed by atoms with Gasteiger partial charge in [0.25, 0.3) is 5.56 Å². The number of nitrogens with zero attached hydrogens (tertiary/aromatic N) is 2. The van der Waals surface area contributed by atoms with Crippen molar-refractivity contribution in [2.75, 3.05) is 0 Å². The molecule has 162 valence electrons. The Morgan fingerprint density at radius 3 is 2.19 bits per heavy atom. The van der Waals surface area contributed by atoms with Crippen LogP contribution in [0, 0.1) is 5.82 Å². The van der Waals surface area contributed by atoms with E-state index in [2.05, 4.69) is 10.1 Å². The predicted molar refractivity (Wildman–Crippen MR) is 121 cm³/mol. The minimum Gasteiger partial charge on any atom is -0.290 e. The highest BCUT2D eigenvalue weighted by Gasteiger charge is 2.19. The van der Waals surface area contributed by atoms with Gasteiger partial charge in [0.05, 0.1) is 33.2 Å². The maximum absolute atomic E-state index is 13.4. The largest absolute Gasteiger partial charge is 0.290 e. The smallest absolute Gasteiger partial charge is 0.280 e. The van der Waals surface area contributed by atoms with Crippen molar-refractivity contribution in [2.24, 2.45) is 10.1 Å². The van der Waals surface area contributed by atoms with Gasteiger partial charge in [0, 0.05) is 5.56 Å². The second-order valence-electron chi connectivity index (χ2n) is 7.08. The molecular weight excluding hydrogens is 431 g/mol. The molecule has 0 atom stereocenters. The highest BCUT2D eigenvalue weighted by molar-refractivity contribution is 7.89. The van der Waals surface area contributed by atoms with Crippen molar-refractivity contribution < 1.29 is 12.8 Å². The standard InChI is InChI=1S/C23H19FN4O3S/c1-15(26-18-9-13-20(14-10-18)32(25,30)31)21-22(16-5-3-2-4-6-16)27-28(23(21)29)19-11-7-17(24)8-12-19/h2-14,27H,1H3,(H2,25,30,31). The SMILES string of the molecule is CC(=Nc1ccc(S(N)(=O)=O)cc1)c1c(-c2ccccc2)[nH]n(-c2ccc(F)cc2)c1=O. The Morgan fingerprint density at radius 2 is 1.59 bits per heavy atom. The number of benzene rings is 3. The van der Waals surface area contributed by atoms with E-state index in [1.54, 1.807) is 6.92 Å². The van der Waals surface area contributed by atoms with E-state index in [4.69, 9.17) is 5.14 Å². The summed E-state index contributed by atoms with van der Waals surface area (Å²) in [5.41, 5.74) is 2.69. The van der Waals surface area contributed by atoms with E-state index < -0.39 is 15.8 Å². The van der Waals surface area contributed by atoms with Crippen LogP contribution in [-0.2, 0) is 10.0 Å². The maximum atomic E-state index is 13.4. The molecule has 0 spiro atoms. The molecule has 1 heterocycles. The summed E-state index contributed by atoms with van der Waals surface area (Å²) in [7, 11) is -3.81. The van der Waals surface area contributed by atoms with Gasteiger partial charge in [-0.1, -0.05) is 30.3 Å². The first kappa shape index (κ1) is 21.4. The zero-order valence-electron chi connectivity index (χ0n) is 17.0. The van der Waals surface area contributed by atoms with E-state index >= 15 is 0 Å². The molecule has 0 bridgehead atoms. The first-order valence-corrected chi connectivity index (χ1v) is 11.1. The third-order valence-electron chi connectivity index (χ3n) is 4.86. The Bertz CT molecular complexity index is 1450. The second-order valence-corrected chi connectivity index (χ2v) is 8.64. The highest BCUT2D eigenvalue weighted by Crippen LogP contribution is 2.23. The normalized spacial score (nSPS) is 12.2. The summed E-state index contributed by atoms with van der Waals surface area (Å²) in [6, 6.07) is 20.6. The molecule has 3 aromatic carbocycles. The summed E-state index contributed by atoms with van der Waals surface area (Å²) in [5.74, 6) is -0.405. The lowest BCUT2D eigenvalue weighted by Gasteiger charge is -2.04. The average molecular weight is 450 g/mol. The molecule has 1 aromatic heterocycles. The summed E-state index contributed by atoms with van der Waals surface area (Å²) in [4.78, 5) is 17.8. The van der Waals surface area contributed by atoms with Crippen molar-refractivity contribution in [3.8, 4) is 16.9 Å². The predicted octanol–water partition coefficient (Wildman–Crippen LogP) is 3.76. The van der Waals surface area contributed by atoms with Gasteiger partial charge in [0.1, 0.15) is 5.82 Å². The molecule has 4 rings (SSSR count). The molecule has 7 nitrogen and oxygen atoms in total. The van der Waals surface area contributed by atoms with Crippen LogP contribution in [0.15, 0.2) is 93.5 Å². The van der Waals surface area contributed by atoms with Crippen molar-refractivity contribution in [1.82, 2.24) is 9.78 Å². The van der Waals surface area contributed by atoms with Crippen LogP contribution in [0.1, 0.15) is 12.5 Å². The molecule has 0 aliphatic carbocycles. The maximum Gasteiger partial charge on any atom is 0.280 e. The van der Waals surface area contributed by atoms with E-state index in [1.807, 2.05) is 30.3 Å². The molecule has 0 aliphatic heterocycles. The number of nitrogens with one attached hydrogen (secondary N) is 1. The number of aromatic amines is 1. The van der Waals surface area contributed by atoms with Gasteiger partial charge in [-0.05, 0) is 55.5 Å². The zero-order chi connectivity index (χ0) is 22.9. The van der Waals surface area contributed by atoms with E-state index in [-0.39, 0.29) is 10.5 Å². The van der Waals surface area contributed by atoms with Gasteiger partial charge in [-0.15, -0.1) is 0 Å². The Kier molecular flexibility index (Phi) is 5.60. The van der Waals surface area contributed by atoms with Crippen molar-refractivity contribution in [3.63, 3.8) is 0 Å². The van der Waals surface area contributed by atoms with Crippen LogP contribution >= 0.6 is 0 Å².